The Morgan fingerprint density at radius 1 is 1.38 bits per heavy atom. The smallest absolute Gasteiger partial charge is 0.00890 e. The first kappa shape index (κ1) is 11.6. The van der Waals surface area contributed by atoms with Crippen LogP contribution in [-0.2, 0) is 0 Å². The zero-order valence-electron chi connectivity index (χ0n) is 10.1. The Labute approximate surface area is 98.2 Å². The molecular weight excluding hydrogens is 196 g/mol. The molecule has 1 unspecified atom stereocenters. The fraction of sp³-hybridized carbons (Fsp3) is 0.571. The summed E-state index contributed by atoms with van der Waals surface area (Å²) in [5, 5.41) is 3.62. The minimum Gasteiger partial charge on any atom is -0.330 e. The molecule has 0 heterocycles. The van der Waals surface area contributed by atoms with Crippen molar-refractivity contribution in [1.82, 2.24) is 5.32 Å². The molecule has 0 aromatic heterocycles. The molecule has 0 radical (unpaired) electrons. The van der Waals surface area contributed by atoms with E-state index in [1.165, 1.54) is 30.4 Å². The van der Waals surface area contributed by atoms with Crippen molar-refractivity contribution in [2.75, 3.05) is 13.1 Å². The molecule has 16 heavy (non-hydrogen) atoms. The summed E-state index contributed by atoms with van der Waals surface area (Å²) in [5.74, 6) is 0.460. The zero-order valence-corrected chi connectivity index (χ0v) is 10.1. The fourth-order valence-corrected chi connectivity index (χ4v) is 2.29. The van der Waals surface area contributed by atoms with Crippen LogP contribution in [-0.4, -0.2) is 19.1 Å². The Hall–Kier alpha value is -0.860. The second-order valence-electron chi connectivity index (χ2n) is 4.83. The van der Waals surface area contributed by atoms with E-state index < -0.39 is 0 Å². The topological polar surface area (TPSA) is 38.0 Å². The molecule has 1 aromatic rings. The van der Waals surface area contributed by atoms with Gasteiger partial charge in [0.1, 0.15) is 0 Å². The number of aryl methyl sites for hydroxylation is 1. The van der Waals surface area contributed by atoms with Crippen molar-refractivity contribution in [3.05, 3.63) is 35.4 Å². The molecule has 1 fully saturated rings. The number of hydrogen-bond donors (Lipinski definition) is 2. The molecule has 1 aliphatic carbocycles. The number of rotatable bonds is 5. The largest absolute Gasteiger partial charge is 0.330 e. The van der Waals surface area contributed by atoms with Crippen molar-refractivity contribution in [3.63, 3.8) is 0 Å². The average Bonchev–Trinajstić information content (AvgIpc) is 2.23. The normalized spacial score (nSPS) is 18.1. The van der Waals surface area contributed by atoms with E-state index in [1.54, 1.807) is 0 Å². The molecule has 88 valence electrons. The van der Waals surface area contributed by atoms with Gasteiger partial charge in [-0.1, -0.05) is 30.7 Å². The zero-order chi connectivity index (χ0) is 11.4. The Kier molecular flexibility index (Phi) is 3.97. The molecule has 1 aromatic carbocycles. The summed E-state index contributed by atoms with van der Waals surface area (Å²) >= 11 is 0. The highest BCUT2D eigenvalue weighted by Crippen LogP contribution is 2.21. The van der Waals surface area contributed by atoms with Crippen molar-refractivity contribution in [2.45, 2.75) is 38.1 Å². The van der Waals surface area contributed by atoms with Gasteiger partial charge in [0.15, 0.2) is 0 Å². The predicted molar refractivity (Wildman–Crippen MR) is 68.6 cm³/mol. The van der Waals surface area contributed by atoms with Crippen LogP contribution in [0, 0.1) is 6.92 Å². The molecule has 2 heteroatoms. The van der Waals surface area contributed by atoms with Crippen LogP contribution < -0.4 is 11.1 Å². The third-order valence-corrected chi connectivity index (χ3v) is 3.67. The van der Waals surface area contributed by atoms with Gasteiger partial charge in [-0.25, -0.2) is 0 Å². The van der Waals surface area contributed by atoms with Gasteiger partial charge in [0.25, 0.3) is 0 Å². The highest BCUT2D eigenvalue weighted by atomic mass is 14.9. The van der Waals surface area contributed by atoms with E-state index in [4.69, 9.17) is 5.73 Å². The summed E-state index contributed by atoms with van der Waals surface area (Å²) in [4.78, 5) is 0. The van der Waals surface area contributed by atoms with Gasteiger partial charge in [-0.05, 0) is 30.9 Å². The highest BCUT2D eigenvalue weighted by Gasteiger charge is 2.19. The molecule has 3 N–H and O–H groups in total. The number of hydrogen-bond acceptors (Lipinski definition) is 2. The Morgan fingerprint density at radius 3 is 2.69 bits per heavy atom. The second kappa shape index (κ2) is 5.46. The SMILES string of the molecule is Cc1ccccc1C(CN)CNC1CCC1. The Morgan fingerprint density at radius 2 is 2.12 bits per heavy atom. The molecule has 0 saturated heterocycles. The van der Waals surface area contributed by atoms with Gasteiger partial charge < -0.3 is 11.1 Å². The summed E-state index contributed by atoms with van der Waals surface area (Å²) in [6.07, 6.45) is 4.06. The van der Waals surface area contributed by atoms with Crippen molar-refractivity contribution >= 4 is 0 Å². The van der Waals surface area contributed by atoms with Crippen molar-refractivity contribution < 1.29 is 0 Å². The van der Waals surface area contributed by atoms with Gasteiger partial charge in [-0.15, -0.1) is 0 Å². The fourth-order valence-electron chi connectivity index (χ4n) is 2.29. The molecular formula is C14H22N2. The van der Waals surface area contributed by atoms with Crippen molar-refractivity contribution in [2.24, 2.45) is 5.73 Å². The van der Waals surface area contributed by atoms with E-state index in [0.717, 1.165) is 19.1 Å². The first-order chi connectivity index (χ1) is 7.81. The maximum atomic E-state index is 5.88. The summed E-state index contributed by atoms with van der Waals surface area (Å²) in [6.45, 7) is 3.91. The summed E-state index contributed by atoms with van der Waals surface area (Å²) < 4.78 is 0. The third-order valence-electron chi connectivity index (χ3n) is 3.67. The Bertz CT molecular complexity index is 331. The minimum absolute atomic E-state index is 0.460. The molecule has 2 rings (SSSR count). The van der Waals surface area contributed by atoms with Gasteiger partial charge in [-0.2, -0.15) is 0 Å². The van der Waals surface area contributed by atoms with Gasteiger partial charge in [0, 0.05) is 25.0 Å². The lowest BCUT2D eigenvalue weighted by Crippen LogP contribution is -2.39. The molecule has 0 aliphatic heterocycles. The predicted octanol–water partition coefficient (Wildman–Crippen LogP) is 2.18. The summed E-state index contributed by atoms with van der Waals surface area (Å²) in [6, 6.07) is 9.31. The molecule has 0 amide bonds. The molecule has 1 aliphatic rings. The van der Waals surface area contributed by atoms with Crippen molar-refractivity contribution in [3.8, 4) is 0 Å². The standard InChI is InChI=1S/C14H22N2/c1-11-5-2-3-8-14(11)12(9-15)10-16-13-6-4-7-13/h2-3,5,8,12-13,16H,4,6-7,9-10,15H2,1H3. The lowest BCUT2D eigenvalue weighted by molar-refractivity contribution is 0.332. The number of nitrogens with one attached hydrogen (secondary N) is 1. The lowest BCUT2D eigenvalue weighted by Gasteiger charge is -2.29. The van der Waals surface area contributed by atoms with Crippen LogP contribution in [0.1, 0.15) is 36.3 Å². The van der Waals surface area contributed by atoms with Crippen LogP contribution in [0.5, 0.6) is 0 Å². The maximum Gasteiger partial charge on any atom is 0.00890 e. The lowest BCUT2D eigenvalue weighted by atomic mass is 9.90. The van der Waals surface area contributed by atoms with Gasteiger partial charge in [-0.3, -0.25) is 0 Å². The monoisotopic (exact) mass is 218 g/mol. The van der Waals surface area contributed by atoms with Crippen molar-refractivity contribution in [1.29, 1.82) is 0 Å². The first-order valence-corrected chi connectivity index (χ1v) is 6.30. The average molecular weight is 218 g/mol. The summed E-state index contributed by atoms with van der Waals surface area (Å²) in [5.41, 5.74) is 8.63. The molecule has 0 bridgehead atoms. The number of benzene rings is 1. The van der Waals surface area contributed by atoms with E-state index in [0.29, 0.717) is 5.92 Å². The molecule has 2 nitrogen and oxygen atoms in total. The van der Waals surface area contributed by atoms with Crippen LogP contribution >= 0.6 is 0 Å². The van der Waals surface area contributed by atoms with E-state index in [9.17, 15) is 0 Å². The van der Waals surface area contributed by atoms with Crippen LogP contribution in [0.15, 0.2) is 24.3 Å². The second-order valence-corrected chi connectivity index (χ2v) is 4.83. The first-order valence-electron chi connectivity index (χ1n) is 6.30. The molecule has 0 spiro atoms. The quantitative estimate of drug-likeness (QED) is 0.795. The third kappa shape index (κ3) is 2.63. The molecule has 1 atom stereocenters. The summed E-state index contributed by atoms with van der Waals surface area (Å²) in [7, 11) is 0. The van der Waals surface area contributed by atoms with Gasteiger partial charge in [0.05, 0.1) is 0 Å². The van der Waals surface area contributed by atoms with Crippen LogP contribution in [0.4, 0.5) is 0 Å². The van der Waals surface area contributed by atoms with E-state index in [1.807, 2.05) is 0 Å². The Balaban J connectivity index is 1.95. The van der Waals surface area contributed by atoms with E-state index in [2.05, 4.69) is 36.5 Å². The highest BCUT2D eigenvalue weighted by molar-refractivity contribution is 5.29. The van der Waals surface area contributed by atoms with Crippen LogP contribution in [0.3, 0.4) is 0 Å². The van der Waals surface area contributed by atoms with Crippen LogP contribution in [0.2, 0.25) is 0 Å². The minimum atomic E-state index is 0.460. The maximum absolute atomic E-state index is 5.88. The number of nitrogens with two attached hydrogens (primary N) is 1. The van der Waals surface area contributed by atoms with Crippen LogP contribution in [0.25, 0.3) is 0 Å². The van der Waals surface area contributed by atoms with Gasteiger partial charge >= 0.3 is 0 Å². The molecule has 1 saturated carbocycles. The van der Waals surface area contributed by atoms with E-state index in [-0.39, 0.29) is 0 Å². The van der Waals surface area contributed by atoms with E-state index >= 15 is 0 Å². The van der Waals surface area contributed by atoms with Gasteiger partial charge in [0.2, 0.25) is 0 Å².